The van der Waals surface area contributed by atoms with E-state index in [0.29, 0.717) is 0 Å². The van der Waals surface area contributed by atoms with Gasteiger partial charge in [-0.05, 0) is 127 Å². The monoisotopic (exact) mass is 609 g/mol. The molecular weight excluding hydrogens is 571 g/mol. The molecule has 9 rings (SSSR count). The van der Waals surface area contributed by atoms with Crippen LogP contribution in [0.2, 0.25) is 0 Å². The summed E-state index contributed by atoms with van der Waals surface area (Å²) in [5, 5.41) is 7.88. The molecule has 0 saturated heterocycles. The Bertz CT molecular complexity index is 2610. The van der Waals surface area contributed by atoms with E-state index in [9.17, 15) is 0 Å². The first-order valence-corrected chi connectivity index (χ1v) is 17.3. The third-order valence-electron chi connectivity index (χ3n) is 10.5. The number of aromatic amines is 1. The lowest BCUT2D eigenvalue weighted by Gasteiger charge is -2.10. The summed E-state index contributed by atoms with van der Waals surface area (Å²) in [4.78, 5) is 3.72. The summed E-state index contributed by atoms with van der Waals surface area (Å²) in [5.74, 6) is 0. The van der Waals surface area contributed by atoms with Crippen molar-refractivity contribution in [1.82, 2.24) is 14.1 Å². The average molecular weight is 610 g/mol. The van der Waals surface area contributed by atoms with E-state index in [-0.39, 0.29) is 0 Å². The molecule has 0 saturated carbocycles. The van der Waals surface area contributed by atoms with Crippen LogP contribution in [-0.4, -0.2) is 14.1 Å². The Labute approximate surface area is 275 Å². The van der Waals surface area contributed by atoms with E-state index in [1.165, 1.54) is 88.0 Å². The van der Waals surface area contributed by atoms with Crippen molar-refractivity contribution in [2.24, 2.45) is 0 Å². The van der Waals surface area contributed by atoms with Crippen molar-refractivity contribution >= 4 is 65.4 Å². The second-order valence-corrected chi connectivity index (χ2v) is 13.0. The van der Waals surface area contributed by atoms with Gasteiger partial charge in [0.25, 0.3) is 0 Å². The van der Waals surface area contributed by atoms with E-state index < -0.39 is 0 Å². The van der Waals surface area contributed by atoms with E-state index in [2.05, 4.69) is 151 Å². The fourth-order valence-electron chi connectivity index (χ4n) is 7.97. The summed E-state index contributed by atoms with van der Waals surface area (Å²) in [6.07, 6.45) is 4.11. The largest absolute Gasteiger partial charge is 0.355 e. The number of nitrogens with zero attached hydrogens (tertiary/aromatic N) is 2. The van der Waals surface area contributed by atoms with Gasteiger partial charge in [-0.15, -0.1) is 0 Å². The van der Waals surface area contributed by atoms with Crippen molar-refractivity contribution < 1.29 is 0 Å². The lowest BCUT2D eigenvalue weighted by molar-refractivity contribution is 1.14. The summed E-state index contributed by atoms with van der Waals surface area (Å²) >= 11 is 0. The summed E-state index contributed by atoms with van der Waals surface area (Å²) in [5.41, 5.74) is 15.3. The van der Waals surface area contributed by atoms with Gasteiger partial charge in [0.05, 0.1) is 22.1 Å². The third-order valence-corrected chi connectivity index (χ3v) is 10.5. The SMILES string of the molecule is CCc1ccc2c(c1)c1cc(CC)ccc1n2-c1ccc2[nH]c3ccc(-n4c5ccc(CC)cc5c5c(CC)cccc54)cc3c2c1. The molecule has 0 unspecified atom stereocenters. The molecule has 3 aromatic heterocycles. The number of H-pyrrole nitrogens is 1. The van der Waals surface area contributed by atoms with Crippen LogP contribution in [-0.2, 0) is 25.7 Å². The van der Waals surface area contributed by atoms with E-state index in [1.54, 1.807) is 0 Å². The zero-order valence-electron chi connectivity index (χ0n) is 27.6. The first-order valence-electron chi connectivity index (χ1n) is 17.3. The molecule has 0 radical (unpaired) electrons. The highest BCUT2D eigenvalue weighted by molar-refractivity contribution is 6.14. The van der Waals surface area contributed by atoms with Crippen molar-refractivity contribution in [3.8, 4) is 11.4 Å². The highest BCUT2D eigenvalue weighted by atomic mass is 15.0. The van der Waals surface area contributed by atoms with Crippen LogP contribution in [0.4, 0.5) is 0 Å². The van der Waals surface area contributed by atoms with Gasteiger partial charge in [0.2, 0.25) is 0 Å². The lowest BCUT2D eigenvalue weighted by atomic mass is 10.0. The molecule has 0 spiro atoms. The van der Waals surface area contributed by atoms with E-state index in [4.69, 9.17) is 0 Å². The number of fused-ring (bicyclic) bond motifs is 9. The summed E-state index contributed by atoms with van der Waals surface area (Å²) in [6.45, 7) is 8.98. The molecule has 3 heterocycles. The molecule has 3 heteroatoms. The van der Waals surface area contributed by atoms with Gasteiger partial charge < -0.3 is 14.1 Å². The van der Waals surface area contributed by atoms with E-state index in [0.717, 1.165) is 36.7 Å². The average Bonchev–Trinajstić information content (AvgIpc) is 3.77. The van der Waals surface area contributed by atoms with Gasteiger partial charge >= 0.3 is 0 Å². The van der Waals surface area contributed by atoms with Crippen LogP contribution in [0.25, 0.3) is 76.8 Å². The minimum atomic E-state index is 1.01. The molecule has 0 aliphatic carbocycles. The van der Waals surface area contributed by atoms with Crippen LogP contribution < -0.4 is 0 Å². The van der Waals surface area contributed by atoms with Crippen LogP contribution >= 0.6 is 0 Å². The number of nitrogens with one attached hydrogen (secondary N) is 1. The van der Waals surface area contributed by atoms with Gasteiger partial charge in [0.1, 0.15) is 0 Å². The van der Waals surface area contributed by atoms with Crippen molar-refractivity contribution in [2.75, 3.05) is 0 Å². The minimum absolute atomic E-state index is 1.01. The molecule has 6 aromatic carbocycles. The number of aromatic nitrogens is 3. The number of hydrogen-bond acceptors (Lipinski definition) is 0. The molecule has 3 nitrogen and oxygen atoms in total. The molecular formula is C44H39N3. The number of rotatable bonds is 6. The van der Waals surface area contributed by atoms with Crippen molar-refractivity contribution in [1.29, 1.82) is 0 Å². The fraction of sp³-hybridized carbons (Fsp3) is 0.182. The number of benzene rings is 6. The van der Waals surface area contributed by atoms with Crippen molar-refractivity contribution in [3.63, 3.8) is 0 Å². The normalized spacial score (nSPS) is 12.2. The second-order valence-electron chi connectivity index (χ2n) is 13.0. The van der Waals surface area contributed by atoms with Gasteiger partial charge in [-0.2, -0.15) is 0 Å². The molecule has 0 amide bonds. The Morgan fingerprint density at radius 3 is 1.43 bits per heavy atom. The zero-order valence-corrected chi connectivity index (χ0v) is 27.6. The molecule has 0 aliphatic heterocycles. The Kier molecular flexibility index (Phi) is 6.33. The molecule has 1 N–H and O–H groups in total. The summed E-state index contributed by atoms with van der Waals surface area (Å²) in [6, 6.07) is 41.6. The van der Waals surface area contributed by atoms with E-state index >= 15 is 0 Å². The predicted octanol–water partition coefficient (Wildman–Crippen LogP) is 11.8. The quantitative estimate of drug-likeness (QED) is 0.194. The first-order chi connectivity index (χ1) is 23.1. The maximum absolute atomic E-state index is 3.72. The highest BCUT2D eigenvalue weighted by Gasteiger charge is 2.18. The molecule has 0 bridgehead atoms. The van der Waals surface area contributed by atoms with Gasteiger partial charge in [-0.25, -0.2) is 0 Å². The molecule has 9 aromatic rings. The molecule has 0 aliphatic rings. The Morgan fingerprint density at radius 1 is 0.426 bits per heavy atom. The van der Waals surface area contributed by atoms with Crippen molar-refractivity contribution in [2.45, 2.75) is 53.4 Å². The van der Waals surface area contributed by atoms with Crippen LogP contribution in [0.1, 0.15) is 49.9 Å². The maximum Gasteiger partial charge on any atom is 0.0543 e. The summed E-state index contributed by atoms with van der Waals surface area (Å²) < 4.78 is 4.92. The van der Waals surface area contributed by atoms with Crippen LogP contribution in [0.15, 0.2) is 109 Å². The van der Waals surface area contributed by atoms with E-state index in [1.807, 2.05) is 0 Å². The molecule has 0 fully saturated rings. The van der Waals surface area contributed by atoms with Gasteiger partial charge in [-0.3, -0.25) is 0 Å². The van der Waals surface area contributed by atoms with Crippen LogP contribution in [0.5, 0.6) is 0 Å². The van der Waals surface area contributed by atoms with Crippen LogP contribution in [0.3, 0.4) is 0 Å². The maximum atomic E-state index is 3.72. The topological polar surface area (TPSA) is 25.6 Å². The first kappa shape index (κ1) is 28.0. The van der Waals surface area contributed by atoms with Gasteiger partial charge in [0, 0.05) is 54.7 Å². The lowest BCUT2D eigenvalue weighted by Crippen LogP contribution is -1.95. The van der Waals surface area contributed by atoms with Crippen molar-refractivity contribution in [3.05, 3.63) is 131 Å². The molecule has 230 valence electrons. The Morgan fingerprint density at radius 2 is 0.915 bits per heavy atom. The zero-order chi connectivity index (χ0) is 31.8. The number of hydrogen-bond donors (Lipinski definition) is 1. The standard InChI is InChI=1S/C44H39N3/c1-5-27-12-19-40-35(22-27)36-23-28(6-2)13-20-41(36)46(40)31-15-17-38-33(25-31)34-26-32(16-18-39(34)45-38)47-42-21-14-29(7-3)24-37(42)44-30(8-4)10-9-11-43(44)47/h9-26,45H,5-8H2,1-4H3. The number of aryl methyl sites for hydroxylation is 4. The smallest absolute Gasteiger partial charge is 0.0543 e. The van der Waals surface area contributed by atoms with Gasteiger partial charge in [-0.1, -0.05) is 58.0 Å². The van der Waals surface area contributed by atoms with Crippen LogP contribution in [0, 0.1) is 0 Å². The van der Waals surface area contributed by atoms with Gasteiger partial charge in [0.15, 0.2) is 0 Å². The molecule has 0 atom stereocenters. The predicted molar refractivity (Wildman–Crippen MR) is 202 cm³/mol. The fourth-order valence-corrected chi connectivity index (χ4v) is 7.97. The Balaban J connectivity index is 1.29. The minimum Gasteiger partial charge on any atom is -0.355 e. The highest BCUT2D eigenvalue weighted by Crippen LogP contribution is 2.39. The third kappa shape index (κ3) is 4.12. The second kappa shape index (κ2) is 10.6. The summed E-state index contributed by atoms with van der Waals surface area (Å²) in [7, 11) is 0. The molecule has 47 heavy (non-hydrogen) atoms. The Hall–Kier alpha value is -5.28.